The number of benzene rings is 1. The van der Waals surface area contributed by atoms with Crippen molar-refractivity contribution in [2.24, 2.45) is 0 Å². The molecule has 32 heavy (non-hydrogen) atoms. The molecule has 0 bridgehead atoms. The maximum atomic E-state index is 13.2. The van der Waals surface area contributed by atoms with Gasteiger partial charge in [-0.15, -0.1) is 17.9 Å². The molecule has 1 aromatic carbocycles. The van der Waals surface area contributed by atoms with Crippen molar-refractivity contribution in [1.82, 2.24) is 0 Å². The van der Waals surface area contributed by atoms with Crippen LogP contribution in [0.15, 0.2) is 18.2 Å². The normalized spacial score (nSPS) is 12.4. The second-order valence-corrected chi connectivity index (χ2v) is 16.4. The van der Waals surface area contributed by atoms with Gasteiger partial charge in [0.05, 0.1) is 14.2 Å². The lowest BCUT2D eigenvalue weighted by Crippen LogP contribution is -2.36. The van der Waals surface area contributed by atoms with Gasteiger partial charge < -0.3 is 9.47 Å². The molecule has 0 aliphatic carbocycles. The van der Waals surface area contributed by atoms with E-state index in [2.05, 4.69) is 63.1 Å². The fraction of sp³-hybridized carbons (Fsp3) is 0.538. The Balaban J connectivity index is 3.21. The molecular formula is C26H36O4SSi. The lowest BCUT2D eigenvalue weighted by molar-refractivity contribution is 0.392. The van der Waals surface area contributed by atoms with E-state index in [0.717, 1.165) is 6.42 Å². The molecule has 174 valence electrons. The standard InChI is InChI=1S/C26H36O4SSi/c1-9-10-11-12-15-22(19-21-32(7,8)26(2,3)4)31(27,28)20-14-16-23-24(29-5)17-13-18-25(23)30-6/h1,13,17-18,22H,10-12,15,20H2,2-8H3. The zero-order chi connectivity index (χ0) is 24.4. The molecule has 0 N–H and O–H groups in total. The van der Waals surface area contributed by atoms with Crippen LogP contribution < -0.4 is 9.47 Å². The van der Waals surface area contributed by atoms with Gasteiger partial charge in [0.15, 0.2) is 9.84 Å². The van der Waals surface area contributed by atoms with E-state index in [1.807, 2.05) is 0 Å². The SMILES string of the molecule is C#CCCCCC(C#C[Si](C)(C)C(C)(C)C)S(=O)(=O)CC#Cc1c(OC)cccc1OC. The molecule has 0 saturated heterocycles. The summed E-state index contributed by atoms with van der Waals surface area (Å²) in [5.74, 6) is 12.3. The van der Waals surface area contributed by atoms with Crippen LogP contribution in [0.1, 0.15) is 52.0 Å². The number of hydrogen-bond acceptors (Lipinski definition) is 4. The van der Waals surface area contributed by atoms with Gasteiger partial charge in [0.2, 0.25) is 0 Å². The van der Waals surface area contributed by atoms with Crippen molar-refractivity contribution in [1.29, 1.82) is 0 Å². The summed E-state index contributed by atoms with van der Waals surface area (Å²) < 4.78 is 37.0. The highest BCUT2D eigenvalue weighted by Gasteiger charge is 2.34. The Hall–Kier alpha value is -2.33. The van der Waals surface area contributed by atoms with Crippen LogP contribution >= 0.6 is 0 Å². The van der Waals surface area contributed by atoms with E-state index in [4.69, 9.17) is 15.9 Å². The smallest absolute Gasteiger partial charge is 0.175 e. The second kappa shape index (κ2) is 12.1. The van der Waals surface area contributed by atoms with E-state index >= 15 is 0 Å². The quantitative estimate of drug-likeness (QED) is 0.301. The highest BCUT2D eigenvalue weighted by molar-refractivity contribution is 7.92. The molecule has 4 nitrogen and oxygen atoms in total. The van der Waals surface area contributed by atoms with Crippen LogP contribution in [-0.4, -0.2) is 41.7 Å². The van der Waals surface area contributed by atoms with Crippen molar-refractivity contribution in [3.05, 3.63) is 23.8 Å². The molecule has 6 heteroatoms. The second-order valence-electron chi connectivity index (χ2n) is 9.23. The molecule has 1 atom stereocenters. The van der Waals surface area contributed by atoms with E-state index < -0.39 is 23.2 Å². The van der Waals surface area contributed by atoms with Crippen LogP contribution in [0, 0.1) is 35.6 Å². The van der Waals surface area contributed by atoms with Gasteiger partial charge in [-0.2, -0.15) is 0 Å². The summed E-state index contributed by atoms with van der Waals surface area (Å²) >= 11 is 0. The Labute approximate surface area is 196 Å². The van der Waals surface area contributed by atoms with Crippen molar-refractivity contribution < 1.29 is 17.9 Å². The van der Waals surface area contributed by atoms with Gasteiger partial charge >= 0.3 is 0 Å². The zero-order valence-electron chi connectivity index (χ0n) is 20.5. The minimum Gasteiger partial charge on any atom is -0.495 e. The first-order valence-electron chi connectivity index (χ1n) is 10.8. The topological polar surface area (TPSA) is 52.6 Å². The van der Waals surface area contributed by atoms with Gasteiger partial charge in [0.25, 0.3) is 0 Å². The van der Waals surface area contributed by atoms with Crippen molar-refractivity contribution in [3.8, 4) is 47.1 Å². The maximum absolute atomic E-state index is 13.2. The highest BCUT2D eigenvalue weighted by atomic mass is 32.2. The molecule has 0 saturated carbocycles. The Kier molecular flexibility index (Phi) is 10.4. The largest absolute Gasteiger partial charge is 0.495 e. The van der Waals surface area contributed by atoms with Crippen molar-refractivity contribution in [2.45, 2.75) is 69.8 Å². The minimum atomic E-state index is -3.55. The van der Waals surface area contributed by atoms with Crippen LogP contribution in [0.5, 0.6) is 11.5 Å². The fourth-order valence-corrected chi connectivity index (χ4v) is 4.90. The molecule has 0 aliphatic heterocycles. The molecule has 0 aliphatic rings. The van der Waals surface area contributed by atoms with Crippen LogP contribution in [0.4, 0.5) is 0 Å². The van der Waals surface area contributed by atoms with Crippen molar-refractivity contribution in [2.75, 3.05) is 20.0 Å². The van der Waals surface area contributed by atoms with Gasteiger partial charge in [0.1, 0.15) is 36.1 Å². The molecule has 0 radical (unpaired) electrons. The van der Waals surface area contributed by atoms with Gasteiger partial charge in [-0.3, -0.25) is 0 Å². The van der Waals surface area contributed by atoms with Crippen LogP contribution in [0.3, 0.4) is 0 Å². The molecule has 0 spiro atoms. The first-order valence-corrected chi connectivity index (χ1v) is 15.5. The summed E-state index contributed by atoms with van der Waals surface area (Å²) in [6, 6.07) is 5.32. The van der Waals surface area contributed by atoms with Crippen molar-refractivity contribution >= 4 is 17.9 Å². The number of hydrogen-bond donors (Lipinski definition) is 0. The third-order valence-electron chi connectivity index (χ3n) is 5.81. The number of methoxy groups -OCH3 is 2. The van der Waals surface area contributed by atoms with E-state index in [1.165, 1.54) is 0 Å². The monoisotopic (exact) mass is 472 g/mol. The van der Waals surface area contributed by atoms with Gasteiger partial charge in [-0.25, -0.2) is 8.42 Å². The number of unbranched alkanes of at least 4 members (excludes halogenated alkanes) is 2. The summed E-state index contributed by atoms with van der Waals surface area (Å²) in [4.78, 5) is 0. The molecule has 0 heterocycles. The highest BCUT2D eigenvalue weighted by Crippen LogP contribution is 2.35. The molecule has 0 fully saturated rings. The number of rotatable bonds is 8. The molecule has 0 amide bonds. The lowest BCUT2D eigenvalue weighted by atomic mass is 10.1. The summed E-state index contributed by atoms with van der Waals surface area (Å²) in [6.07, 6.45) is 7.93. The van der Waals surface area contributed by atoms with E-state index in [-0.39, 0.29) is 10.8 Å². The van der Waals surface area contributed by atoms with Crippen LogP contribution in [0.25, 0.3) is 0 Å². The molecule has 0 aromatic heterocycles. The summed E-state index contributed by atoms with van der Waals surface area (Å²) in [6.45, 7) is 10.8. The van der Waals surface area contributed by atoms with Crippen LogP contribution in [0.2, 0.25) is 18.1 Å². The Morgan fingerprint density at radius 1 is 1.09 bits per heavy atom. The van der Waals surface area contributed by atoms with Gasteiger partial charge in [0, 0.05) is 6.42 Å². The third-order valence-corrected chi connectivity index (χ3v) is 12.1. The summed E-state index contributed by atoms with van der Waals surface area (Å²) in [5, 5.41) is -0.693. The minimum absolute atomic E-state index is 0.0536. The molecular weight excluding hydrogens is 436 g/mol. The van der Waals surface area contributed by atoms with Gasteiger partial charge in [-0.1, -0.05) is 64.1 Å². The summed E-state index contributed by atoms with van der Waals surface area (Å²) in [5.41, 5.74) is 3.90. The predicted octanol–water partition coefficient (Wildman–Crippen LogP) is 5.08. The zero-order valence-corrected chi connectivity index (χ0v) is 22.3. The van der Waals surface area contributed by atoms with E-state index in [9.17, 15) is 8.42 Å². The Bertz CT molecular complexity index is 1010. The number of sulfone groups is 1. The lowest BCUT2D eigenvalue weighted by Gasteiger charge is -2.31. The van der Waals surface area contributed by atoms with Crippen LogP contribution in [-0.2, 0) is 9.84 Å². The summed E-state index contributed by atoms with van der Waals surface area (Å²) in [7, 11) is -2.40. The number of terminal acetylenes is 1. The van der Waals surface area contributed by atoms with Crippen molar-refractivity contribution in [3.63, 3.8) is 0 Å². The van der Waals surface area contributed by atoms with E-state index in [1.54, 1.807) is 32.4 Å². The predicted molar refractivity (Wildman–Crippen MR) is 136 cm³/mol. The van der Waals surface area contributed by atoms with E-state index in [0.29, 0.717) is 36.3 Å². The Morgan fingerprint density at radius 3 is 2.19 bits per heavy atom. The first kappa shape index (κ1) is 27.7. The van der Waals surface area contributed by atoms with Gasteiger partial charge in [-0.05, 0) is 30.0 Å². The maximum Gasteiger partial charge on any atom is 0.175 e. The molecule has 1 unspecified atom stereocenters. The average molecular weight is 473 g/mol. The third kappa shape index (κ3) is 7.98. The number of ether oxygens (including phenoxy) is 2. The average Bonchev–Trinajstić information content (AvgIpc) is 2.72. The fourth-order valence-electron chi connectivity index (χ4n) is 2.65. The first-order chi connectivity index (χ1) is 14.9. The molecule has 1 rings (SSSR count). The Morgan fingerprint density at radius 2 is 1.69 bits per heavy atom. The molecule has 1 aromatic rings.